The second-order valence-corrected chi connectivity index (χ2v) is 19.8. The minimum absolute atomic E-state index is 0.000870. The second kappa shape index (κ2) is 39.2. The number of rotatable bonds is 48. The average Bonchev–Trinajstić information content (AvgIpc) is 4.52. The summed E-state index contributed by atoms with van der Waals surface area (Å²) in [4.78, 5) is 37.5. The molecule has 0 aliphatic carbocycles. The molecule has 31 nitrogen and oxygen atoms in total. The van der Waals surface area contributed by atoms with Crippen molar-refractivity contribution in [3.05, 3.63) is 0 Å². The van der Waals surface area contributed by atoms with Gasteiger partial charge in [-0.15, -0.1) is 0 Å². The van der Waals surface area contributed by atoms with Crippen molar-refractivity contribution in [1.29, 1.82) is 0 Å². The Morgan fingerprint density at radius 2 is 0.667 bits per heavy atom. The predicted octanol–water partition coefficient (Wildman–Crippen LogP) is -6.80. The van der Waals surface area contributed by atoms with E-state index in [1.165, 1.54) is 0 Å². The highest BCUT2D eigenvalue weighted by atomic mass is 16.7. The van der Waals surface area contributed by atoms with E-state index in [9.17, 15) is 55.2 Å². The smallest absolute Gasteiger partial charge is 0.222 e. The summed E-state index contributed by atoms with van der Waals surface area (Å²) in [5.41, 5.74) is -0.721. The third-order valence-electron chi connectivity index (χ3n) is 13.0. The molecule has 5 saturated heterocycles. The van der Waals surface area contributed by atoms with Gasteiger partial charge in [-0.05, 0) is 0 Å². The molecule has 5 heterocycles. The maximum absolute atomic E-state index is 12.5. The van der Waals surface area contributed by atoms with E-state index in [2.05, 4.69) is 16.0 Å². The highest BCUT2D eigenvalue weighted by Crippen LogP contribution is 2.38. The van der Waals surface area contributed by atoms with Crippen LogP contribution < -0.4 is 16.0 Å². The molecule has 0 saturated carbocycles. The van der Waals surface area contributed by atoms with Gasteiger partial charge >= 0.3 is 0 Å². The summed E-state index contributed by atoms with van der Waals surface area (Å²) in [6, 6.07) is 0. The summed E-state index contributed by atoms with van der Waals surface area (Å²) >= 11 is 0. The Hall–Kier alpha value is -2.59. The van der Waals surface area contributed by atoms with Gasteiger partial charge in [0.05, 0.1) is 159 Å². The van der Waals surface area contributed by atoms with E-state index in [1.807, 2.05) is 6.92 Å². The molecule has 11 N–H and O–H groups in total. The van der Waals surface area contributed by atoms with E-state index in [1.54, 1.807) is 0 Å². The second-order valence-electron chi connectivity index (χ2n) is 19.8. The van der Waals surface area contributed by atoms with Crippen LogP contribution in [0.5, 0.6) is 0 Å². The molecule has 5 aliphatic rings. The van der Waals surface area contributed by atoms with E-state index in [0.29, 0.717) is 0 Å². The van der Waals surface area contributed by atoms with Crippen LogP contribution in [0.3, 0.4) is 0 Å². The zero-order valence-corrected chi connectivity index (χ0v) is 46.1. The maximum atomic E-state index is 12.5. The van der Waals surface area contributed by atoms with Crippen LogP contribution in [0.15, 0.2) is 0 Å². The van der Waals surface area contributed by atoms with Gasteiger partial charge in [0, 0.05) is 44.3 Å². The van der Waals surface area contributed by atoms with Crippen molar-refractivity contribution in [3.63, 3.8) is 0 Å². The number of epoxide rings is 2. The van der Waals surface area contributed by atoms with Crippen molar-refractivity contribution in [3.8, 4) is 0 Å². The SMILES string of the molecule is CC(COCCC(=O)NCCOCCOCCO[C@H]1OC(CO)[C@@H](O)C(O)[C@H]1O)(COCCC(=O)NCCOCCOCCO[C@H]1OC(CO)[C@H]2OC2[C@H]1O)COCCC(=O)NCCOCCOCCO[C@H]1OC(CO)[C@H]2OC2[C@H]1O. The number of carbonyl (C=O) groups is 3. The number of aliphatic hydroxyl groups excluding tert-OH is 8. The number of aliphatic hydroxyl groups is 8. The quantitative estimate of drug-likeness (QED) is 0.0199. The number of carbonyl (C=O) groups excluding carboxylic acids is 3. The third-order valence-corrected chi connectivity index (χ3v) is 13.0. The number of ether oxygens (including phenoxy) is 17. The van der Waals surface area contributed by atoms with Gasteiger partial charge in [-0.3, -0.25) is 14.4 Å². The topological polar surface area (TPSA) is 413 Å². The molecule has 0 aromatic heterocycles. The van der Waals surface area contributed by atoms with Crippen molar-refractivity contribution in [2.45, 2.75) is 118 Å². The first-order valence-corrected chi connectivity index (χ1v) is 27.6. The molecular weight excluding hydrogens is 1090 g/mol. The molecule has 5 fully saturated rings. The van der Waals surface area contributed by atoms with Crippen LogP contribution in [-0.2, 0) is 94.9 Å². The van der Waals surface area contributed by atoms with Crippen LogP contribution in [0, 0.1) is 5.41 Å². The van der Waals surface area contributed by atoms with Crippen molar-refractivity contribution in [2.24, 2.45) is 5.41 Å². The Balaban J connectivity index is 0.871. The Bertz CT molecular complexity index is 1640. The van der Waals surface area contributed by atoms with Crippen LogP contribution in [0.25, 0.3) is 0 Å². The molecule has 81 heavy (non-hydrogen) atoms. The zero-order chi connectivity index (χ0) is 58.2. The van der Waals surface area contributed by atoms with Crippen molar-refractivity contribution < 1.29 is 136 Å². The first-order chi connectivity index (χ1) is 39.3. The number of fused-ring (bicyclic) bond motifs is 2. The summed E-state index contributed by atoms with van der Waals surface area (Å²) in [5.74, 6) is -0.749. The summed E-state index contributed by atoms with van der Waals surface area (Å²) in [5, 5.41) is 86.5. The fourth-order valence-corrected chi connectivity index (χ4v) is 8.43. The van der Waals surface area contributed by atoms with E-state index < -0.39 is 91.9 Å². The highest BCUT2D eigenvalue weighted by Gasteiger charge is 2.58. The zero-order valence-electron chi connectivity index (χ0n) is 46.1. The van der Waals surface area contributed by atoms with Crippen molar-refractivity contribution >= 4 is 17.7 Å². The number of nitrogens with one attached hydrogen (secondary N) is 3. The van der Waals surface area contributed by atoms with Crippen LogP contribution >= 0.6 is 0 Å². The number of hydrogen-bond acceptors (Lipinski definition) is 28. The van der Waals surface area contributed by atoms with Crippen LogP contribution in [-0.4, -0.2) is 329 Å². The van der Waals surface area contributed by atoms with E-state index in [4.69, 9.17) is 80.5 Å². The number of hydrogen-bond donors (Lipinski definition) is 11. The van der Waals surface area contributed by atoms with Gasteiger partial charge in [0.25, 0.3) is 0 Å². The fourth-order valence-electron chi connectivity index (χ4n) is 8.43. The average molecular weight is 1180 g/mol. The third kappa shape index (κ3) is 25.9. The van der Waals surface area contributed by atoms with E-state index in [0.717, 1.165) is 0 Å². The van der Waals surface area contributed by atoms with E-state index >= 15 is 0 Å². The molecule has 5 rings (SSSR count). The first kappa shape index (κ1) is 69.2. The lowest BCUT2D eigenvalue weighted by atomic mass is 9.94. The minimum Gasteiger partial charge on any atom is -0.394 e. The summed E-state index contributed by atoms with van der Waals surface area (Å²) in [7, 11) is 0. The molecule has 6 unspecified atom stereocenters. The Morgan fingerprint density at radius 1 is 0.358 bits per heavy atom. The predicted molar refractivity (Wildman–Crippen MR) is 271 cm³/mol. The monoisotopic (exact) mass is 1180 g/mol. The Morgan fingerprint density at radius 3 is 1.01 bits per heavy atom. The van der Waals surface area contributed by atoms with Gasteiger partial charge in [0.2, 0.25) is 17.7 Å². The van der Waals surface area contributed by atoms with Gasteiger partial charge < -0.3 is 137 Å². The van der Waals surface area contributed by atoms with Gasteiger partial charge in [0.1, 0.15) is 73.2 Å². The largest absolute Gasteiger partial charge is 0.394 e. The standard InChI is InChI=1S/C50H89N3O28/c1-50(29-71-8-2-35(57)51-5-11-65-14-17-68-20-23-74-47-40(62)39(61)38(60)32(26-54)77-47,30-72-9-3-36(58)52-6-12-66-15-18-69-21-24-75-48-41(63)45-43(80-45)33(27-55)78-48)31-73-10-4-37(59)53-7-13-67-16-19-70-22-25-76-49-42(64)46-44(81-46)34(28-56)79-49/h32-34,38-49,54-56,60-64H,2-31H2,1H3,(H,51,57)(H,52,58)(H,53,59)/t32?,33?,34?,38-,39?,40-,41-,42-,43-,44-,45?,46?,47+,48+,49+,50?/m1/s1. The maximum Gasteiger partial charge on any atom is 0.222 e. The van der Waals surface area contributed by atoms with Gasteiger partial charge in [-0.25, -0.2) is 0 Å². The Labute approximate surface area is 470 Å². The molecule has 0 bridgehead atoms. The molecule has 472 valence electrons. The summed E-state index contributed by atoms with van der Waals surface area (Å²) in [6.45, 7) is 5.46. The van der Waals surface area contributed by atoms with Gasteiger partial charge in [-0.2, -0.15) is 0 Å². The normalized spacial score (nSPS) is 30.3. The molecule has 0 spiro atoms. The van der Waals surface area contributed by atoms with Crippen molar-refractivity contribution in [1.82, 2.24) is 16.0 Å². The molecule has 15 atom stereocenters. The van der Waals surface area contributed by atoms with Crippen molar-refractivity contribution in [2.75, 3.05) is 178 Å². The summed E-state index contributed by atoms with van der Waals surface area (Å²) in [6.07, 6.45) is -12.8. The highest BCUT2D eigenvalue weighted by molar-refractivity contribution is 5.76. The lowest BCUT2D eigenvalue weighted by Gasteiger charge is -2.39. The number of amides is 3. The Kier molecular flexibility index (Phi) is 33.5. The molecule has 0 radical (unpaired) electrons. The lowest BCUT2D eigenvalue weighted by molar-refractivity contribution is -0.302. The summed E-state index contributed by atoms with van der Waals surface area (Å²) < 4.78 is 94.0. The molecular formula is C50H89N3O28. The lowest BCUT2D eigenvalue weighted by Crippen LogP contribution is -2.59. The first-order valence-electron chi connectivity index (χ1n) is 27.6. The van der Waals surface area contributed by atoms with Crippen LogP contribution in [0.4, 0.5) is 0 Å². The fraction of sp³-hybridized carbons (Fsp3) is 0.940. The van der Waals surface area contributed by atoms with Crippen LogP contribution in [0.2, 0.25) is 0 Å². The molecule has 31 heteroatoms. The van der Waals surface area contributed by atoms with Gasteiger partial charge in [-0.1, -0.05) is 6.92 Å². The van der Waals surface area contributed by atoms with Crippen LogP contribution in [0.1, 0.15) is 26.2 Å². The van der Waals surface area contributed by atoms with Gasteiger partial charge in [0.15, 0.2) is 18.9 Å². The molecule has 0 aromatic rings. The minimum atomic E-state index is -1.54. The molecule has 3 amide bonds. The molecule has 0 aromatic carbocycles. The van der Waals surface area contributed by atoms with E-state index in [-0.39, 0.29) is 221 Å². The molecule has 5 aliphatic heterocycles.